The van der Waals surface area contributed by atoms with Gasteiger partial charge in [-0.15, -0.1) is 0 Å². The maximum Gasteiger partial charge on any atom is 0.344 e. The van der Waals surface area contributed by atoms with Gasteiger partial charge in [-0.1, -0.05) is 11.6 Å². The van der Waals surface area contributed by atoms with Gasteiger partial charge < -0.3 is 42.8 Å². The molecular formula is C39H35Cl2F4N7O6. The van der Waals surface area contributed by atoms with Crippen LogP contribution in [0.25, 0.3) is 22.5 Å². The van der Waals surface area contributed by atoms with Crippen LogP contribution in [0.3, 0.4) is 0 Å². The number of rotatable bonds is 10. The van der Waals surface area contributed by atoms with Crippen molar-refractivity contribution in [3.05, 3.63) is 136 Å². The number of anilines is 1. The predicted molar refractivity (Wildman–Crippen MR) is 202 cm³/mol. The smallest absolute Gasteiger partial charge is 0.344 e. The average molecular weight is 845 g/mol. The van der Waals surface area contributed by atoms with Crippen molar-refractivity contribution in [1.29, 1.82) is 0 Å². The molecule has 2 amide bonds. The fourth-order valence-corrected chi connectivity index (χ4v) is 5.27. The number of ether oxygens (including phenoxy) is 4. The minimum atomic E-state index is -0.725. The minimum absolute atomic E-state index is 0. The van der Waals surface area contributed by atoms with E-state index in [1.165, 1.54) is 77.5 Å². The van der Waals surface area contributed by atoms with E-state index in [0.717, 1.165) is 12.1 Å². The molecule has 0 fully saturated rings. The Morgan fingerprint density at radius 3 is 1.66 bits per heavy atom. The Labute approximate surface area is 340 Å². The van der Waals surface area contributed by atoms with E-state index in [4.69, 9.17) is 42.0 Å². The number of hydrogen-bond donors (Lipinski definition) is 3. The van der Waals surface area contributed by atoms with Crippen molar-refractivity contribution in [2.24, 2.45) is 5.73 Å². The van der Waals surface area contributed by atoms with Crippen LogP contribution in [0, 0.1) is 23.3 Å². The van der Waals surface area contributed by atoms with Crippen LogP contribution in [0.1, 0.15) is 32.0 Å². The predicted octanol–water partition coefficient (Wildman–Crippen LogP) is 2.88. The zero-order chi connectivity index (χ0) is 41.8. The quantitative estimate of drug-likeness (QED) is 0.104. The van der Waals surface area contributed by atoms with Crippen molar-refractivity contribution >= 4 is 29.1 Å². The number of carbonyl (C=O) groups excluding carboxylic acids is 2. The summed E-state index contributed by atoms with van der Waals surface area (Å²) in [6.07, 6.45) is 2.76. The number of halogens is 6. The van der Waals surface area contributed by atoms with Gasteiger partial charge in [0.25, 0.3) is 5.91 Å². The first kappa shape index (κ1) is 45.8. The molecule has 19 heteroatoms. The molecule has 6 rings (SSSR count). The molecule has 0 aliphatic rings. The largest absolute Gasteiger partial charge is 1.00 e. The number of nitrogens with zero attached hydrogens (tertiary/aromatic N) is 4. The summed E-state index contributed by atoms with van der Waals surface area (Å²) in [5.41, 5.74) is 17.0. The number of benzene rings is 4. The molecular weight excluding hydrogens is 809 g/mol. The summed E-state index contributed by atoms with van der Waals surface area (Å²) in [6.45, 7) is 0. The fourth-order valence-electron chi connectivity index (χ4n) is 5.13. The Kier molecular flexibility index (Phi) is 16.7. The maximum atomic E-state index is 14.4. The normalized spacial score (nSPS) is 10.1. The van der Waals surface area contributed by atoms with Crippen LogP contribution >= 0.6 is 11.6 Å². The van der Waals surface area contributed by atoms with Crippen LogP contribution in [0.2, 0.25) is 5.15 Å². The number of quaternary nitrogens is 1. The summed E-state index contributed by atoms with van der Waals surface area (Å²) in [6, 6.07) is 16.3. The zero-order valence-corrected chi connectivity index (χ0v) is 32.7. The Morgan fingerprint density at radius 1 is 0.655 bits per heavy atom. The van der Waals surface area contributed by atoms with E-state index >= 15 is 0 Å². The van der Waals surface area contributed by atoms with Gasteiger partial charge in [0.1, 0.15) is 69.6 Å². The van der Waals surface area contributed by atoms with E-state index in [1.54, 1.807) is 24.3 Å². The van der Waals surface area contributed by atoms with Gasteiger partial charge in [-0.3, -0.25) is 10.5 Å². The second-order valence-electron chi connectivity index (χ2n) is 11.5. The first-order valence-corrected chi connectivity index (χ1v) is 16.7. The molecule has 0 aliphatic heterocycles. The highest BCUT2D eigenvalue weighted by atomic mass is 35.5. The van der Waals surface area contributed by atoms with E-state index in [9.17, 15) is 27.2 Å². The minimum Gasteiger partial charge on any atom is -1.00 e. The Morgan fingerprint density at radius 2 is 1.16 bits per heavy atom. The summed E-state index contributed by atoms with van der Waals surface area (Å²) >= 11 is 5.76. The SMILES string of the molecule is COc1cc(F)c(Cc2cc(-c3ccc(F)cc3OC)ncn2)cc1C(N)=O.COc1cc(F)c(N)cc1C([NH3+])=O.COc1cc(F)ccc1-c1cc(Cl)ncn1.[Cl-]. The lowest BCUT2D eigenvalue weighted by atomic mass is 10.0. The molecule has 304 valence electrons. The second kappa shape index (κ2) is 21.1. The van der Waals surface area contributed by atoms with E-state index in [-0.39, 0.29) is 58.5 Å². The first-order valence-electron chi connectivity index (χ1n) is 16.3. The van der Waals surface area contributed by atoms with Crippen LogP contribution in [-0.4, -0.2) is 60.2 Å². The molecule has 0 unspecified atom stereocenters. The Balaban J connectivity index is 0.000000254. The van der Waals surface area contributed by atoms with Gasteiger partial charge in [0, 0.05) is 53.6 Å². The highest BCUT2D eigenvalue weighted by Gasteiger charge is 2.17. The third-order valence-corrected chi connectivity index (χ3v) is 8.07. The summed E-state index contributed by atoms with van der Waals surface area (Å²) in [7, 11) is 5.57. The van der Waals surface area contributed by atoms with Crippen LogP contribution in [-0.2, 0) is 6.42 Å². The van der Waals surface area contributed by atoms with E-state index < -0.39 is 29.3 Å². The number of hydrogen-bond acceptors (Lipinski definition) is 11. The number of carbonyl (C=O) groups is 2. The number of methoxy groups -OCH3 is 4. The molecule has 0 saturated heterocycles. The van der Waals surface area contributed by atoms with Gasteiger partial charge in [-0.05, 0) is 48.0 Å². The molecule has 0 saturated carbocycles. The van der Waals surface area contributed by atoms with Gasteiger partial charge in [0.05, 0.1) is 51.1 Å². The number of primary amides is 1. The molecule has 58 heavy (non-hydrogen) atoms. The molecule has 0 radical (unpaired) electrons. The Hall–Kier alpha value is -6.56. The molecule has 0 aliphatic carbocycles. The third-order valence-electron chi connectivity index (χ3n) is 7.86. The molecule has 4 aromatic carbocycles. The van der Waals surface area contributed by atoms with E-state index in [0.29, 0.717) is 44.9 Å². The average Bonchev–Trinajstić information content (AvgIpc) is 3.19. The van der Waals surface area contributed by atoms with Crippen LogP contribution in [0.5, 0.6) is 23.0 Å². The van der Waals surface area contributed by atoms with Crippen LogP contribution in [0.15, 0.2) is 85.5 Å². The molecule has 0 bridgehead atoms. The van der Waals surface area contributed by atoms with Crippen LogP contribution < -0.4 is 48.6 Å². The molecule has 0 atom stereocenters. The molecule has 6 aromatic rings. The summed E-state index contributed by atoms with van der Waals surface area (Å²) in [5.74, 6) is -2.20. The lowest BCUT2D eigenvalue weighted by Gasteiger charge is -2.11. The molecule has 0 spiro atoms. The lowest BCUT2D eigenvalue weighted by molar-refractivity contribution is -0.255. The molecule has 2 heterocycles. The topological polar surface area (TPSA) is 202 Å². The number of amides is 2. The van der Waals surface area contributed by atoms with Crippen molar-refractivity contribution in [3.8, 4) is 45.5 Å². The zero-order valence-electron chi connectivity index (χ0n) is 31.2. The van der Waals surface area contributed by atoms with Crippen LogP contribution in [0.4, 0.5) is 23.2 Å². The summed E-state index contributed by atoms with van der Waals surface area (Å²) < 4.78 is 73.8. The number of nitrogen functional groups attached to an aromatic ring is 1. The first-order chi connectivity index (χ1) is 27.2. The molecule has 2 aromatic heterocycles. The van der Waals surface area contributed by atoms with Gasteiger partial charge in [0.2, 0.25) is 0 Å². The number of nitrogens with two attached hydrogens (primary N) is 2. The van der Waals surface area contributed by atoms with Gasteiger partial charge in [-0.2, -0.15) is 0 Å². The van der Waals surface area contributed by atoms with Gasteiger partial charge in [-0.25, -0.2) is 42.3 Å². The number of aromatic nitrogens is 4. The highest BCUT2D eigenvalue weighted by Crippen LogP contribution is 2.31. The van der Waals surface area contributed by atoms with Crippen molar-refractivity contribution in [3.63, 3.8) is 0 Å². The Bertz CT molecular complexity index is 2410. The van der Waals surface area contributed by atoms with Crippen molar-refractivity contribution < 1.29 is 64.2 Å². The maximum absolute atomic E-state index is 14.4. The standard InChI is InChI=1S/C20H17F2N3O3.C11H8ClFN2O.C8H9FN2O2.ClH/c1-27-18-7-12(21)3-4-14(18)17-8-13(24-10-25-17)5-11-6-15(20(23)26)19(28-2)9-16(11)22;1-16-10-4-7(13)2-3-8(10)9-5-11(12)15-6-14-9;1-13-7-3-5(9)6(10)2-4(7)8(11)12;/h3-4,6-10H,5H2,1-2H3,(H2,23,26);2-6H,1H3;2-3H,10H2,1H3,(H2,11,12);1H. The van der Waals surface area contributed by atoms with E-state index in [2.05, 4.69) is 25.7 Å². The summed E-state index contributed by atoms with van der Waals surface area (Å²) in [5, 5.41) is 0.330. The van der Waals surface area contributed by atoms with Crippen molar-refractivity contribution in [2.75, 3.05) is 34.2 Å². The van der Waals surface area contributed by atoms with Crippen molar-refractivity contribution in [1.82, 2.24) is 19.9 Å². The van der Waals surface area contributed by atoms with Gasteiger partial charge >= 0.3 is 5.91 Å². The highest BCUT2D eigenvalue weighted by molar-refractivity contribution is 6.29. The summed E-state index contributed by atoms with van der Waals surface area (Å²) in [4.78, 5) is 38.7. The second-order valence-corrected chi connectivity index (χ2v) is 11.9. The van der Waals surface area contributed by atoms with Crippen molar-refractivity contribution in [2.45, 2.75) is 6.42 Å². The molecule has 7 N–H and O–H groups in total. The monoisotopic (exact) mass is 843 g/mol. The van der Waals surface area contributed by atoms with E-state index in [1.807, 2.05) is 0 Å². The fraction of sp³-hybridized carbons (Fsp3) is 0.128. The van der Waals surface area contributed by atoms with Gasteiger partial charge in [0.15, 0.2) is 0 Å². The molecule has 13 nitrogen and oxygen atoms in total. The third kappa shape index (κ3) is 11.7. The lowest BCUT2D eigenvalue weighted by Crippen LogP contribution is -3.00.